The molecule has 0 aromatic carbocycles. The third-order valence-electron chi connectivity index (χ3n) is 3.65. The number of guanidine groups is 1. The molecular weight excluding hydrogens is 216 g/mol. The summed E-state index contributed by atoms with van der Waals surface area (Å²) >= 11 is 0. The molecule has 1 rings (SSSR count). The minimum Gasteiger partial charge on any atom is -0.383 e. The normalized spacial score (nSPS) is 31.4. The van der Waals surface area contributed by atoms with Crippen molar-refractivity contribution in [1.29, 1.82) is 0 Å². The molecule has 4 atom stereocenters. The predicted octanol–water partition coefficient (Wildman–Crippen LogP) is 0.865. The predicted molar refractivity (Wildman–Crippen MR) is 70.6 cm³/mol. The summed E-state index contributed by atoms with van der Waals surface area (Å²) in [6, 6.07) is 0.572. The van der Waals surface area contributed by atoms with Gasteiger partial charge in [-0.15, -0.1) is 0 Å². The van der Waals surface area contributed by atoms with E-state index in [2.05, 4.69) is 29.6 Å². The quantitative estimate of drug-likeness (QED) is 0.296. The highest BCUT2D eigenvalue weighted by Crippen LogP contribution is 2.33. The van der Waals surface area contributed by atoms with Gasteiger partial charge in [-0.1, -0.05) is 13.8 Å². The molecule has 0 aromatic rings. The SMILES string of the molecule is COCC(C)NC(=NC1CCC(C)C1C)NN. The molecule has 0 spiro atoms. The van der Waals surface area contributed by atoms with Gasteiger partial charge in [0.05, 0.1) is 12.6 Å². The maximum atomic E-state index is 5.49. The van der Waals surface area contributed by atoms with Crippen molar-refractivity contribution < 1.29 is 4.74 Å². The zero-order valence-electron chi connectivity index (χ0n) is 11.4. The Labute approximate surface area is 104 Å². The number of nitrogens with two attached hydrogens (primary N) is 1. The highest BCUT2D eigenvalue weighted by atomic mass is 16.5. The monoisotopic (exact) mass is 242 g/mol. The number of nitrogens with zero attached hydrogens (tertiary/aromatic N) is 1. The van der Waals surface area contributed by atoms with Gasteiger partial charge in [-0.05, 0) is 31.6 Å². The third kappa shape index (κ3) is 4.16. The number of rotatable bonds is 4. The lowest BCUT2D eigenvalue weighted by Crippen LogP contribution is -2.47. The van der Waals surface area contributed by atoms with Gasteiger partial charge >= 0.3 is 0 Å². The van der Waals surface area contributed by atoms with Crippen molar-refractivity contribution in [3.05, 3.63) is 0 Å². The first kappa shape index (κ1) is 14.3. The summed E-state index contributed by atoms with van der Waals surface area (Å²) in [5.41, 5.74) is 2.64. The standard InChI is InChI=1S/C12H26N4O/c1-8-5-6-11(10(8)3)15-12(16-13)14-9(2)7-17-4/h8-11H,5-7,13H2,1-4H3,(H2,14,15,16). The number of hydrazine groups is 1. The molecule has 5 nitrogen and oxygen atoms in total. The molecule has 0 bridgehead atoms. The van der Waals surface area contributed by atoms with Crippen molar-refractivity contribution in [2.24, 2.45) is 22.7 Å². The Kier molecular flexibility index (Phi) is 5.71. The summed E-state index contributed by atoms with van der Waals surface area (Å²) in [7, 11) is 1.69. The van der Waals surface area contributed by atoms with E-state index in [0.717, 1.165) is 12.3 Å². The summed E-state index contributed by atoms with van der Waals surface area (Å²) in [5.74, 6) is 7.53. The molecule has 0 saturated heterocycles. The first-order valence-corrected chi connectivity index (χ1v) is 6.38. The first-order chi connectivity index (χ1) is 8.08. The van der Waals surface area contributed by atoms with E-state index < -0.39 is 0 Å². The summed E-state index contributed by atoms with van der Waals surface area (Å²) in [6.07, 6.45) is 2.40. The van der Waals surface area contributed by atoms with Crippen LogP contribution in [0.2, 0.25) is 0 Å². The zero-order chi connectivity index (χ0) is 12.8. The zero-order valence-corrected chi connectivity index (χ0v) is 11.4. The Bertz CT molecular complexity index is 257. The number of ether oxygens (including phenoxy) is 1. The largest absolute Gasteiger partial charge is 0.383 e. The van der Waals surface area contributed by atoms with Crippen LogP contribution in [0.3, 0.4) is 0 Å². The number of nitrogens with one attached hydrogen (secondary N) is 2. The maximum Gasteiger partial charge on any atom is 0.206 e. The number of aliphatic imine (C=N–C) groups is 1. The maximum absolute atomic E-state index is 5.49. The fourth-order valence-electron chi connectivity index (χ4n) is 2.33. The van der Waals surface area contributed by atoms with Gasteiger partial charge < -0.3 is 10.1 Å². The molecule has 0 amide bonds. The summed E-state index contributed by atoms with van der Waals surface area (Å²) in [6.45, 7) is 7.23. The minimum atomic E-state index is 0.198. The summed E-state index contributed by atoms with van der Waals surface area (Å²) < 4.78 is 5.07. The lowest BCUT2D eigenvalue weighted by atomic mass is 9.98. The van der Waals surface area contributed by atoms with Crippen LogP contribution >= 0.6 is 0 Å². The molecule has 1 fully saturated rings. The van der Waals surface area contributed by atoms with Crippen molar-refractivity contribution in [2.75, 3.05) is 13.7 Å². The van der Waals surface area contributed by atoms with Gasteiger partial charge in [0.15, 0.2) is 0 Å². The molecule has 1 aliphatic carbocycles. The highest BCUT2D eigenvalue weighted by Gasteiger charge is 2.29. The molecule has 5 heteroatoms. The van der Waals surface area contributed by atoms with Crippen LogP contribution in [0.5, 0.6) is 0 Å². The van der Waals surface area contributed by atoms with Crippen LogP contribution in [0.15, 0.2) is 4.99 Å². The van der Waals surface area contributed by atoms with Crippen molar-refractivity contribution >= 4 is 5.96 Å². The Hall–Kier alpha value is -0.810. The first-order valence-electron chi connectivity index (χ1n) is 6.38. The number of methoxy groups -OCH3 is 1. The van der Waals surface area contributed by atoms with Crippen molar-refractivity contribution in [2.45, 2.75) is 45.7 Å². The number of hydrogen-bond donors (Lipinski definition) is 3. The van der Waals surface area contributed by atoms with E-state index in [1.54, 1.807) is 7.11 Å². The smallest absolute Gasteiger partial charge is 0.206 e. The van der Waals surface area contributed by atoms with E-state index in [1.807, 2.05) is 6.92 Å². The average molecular weight is 242 g/mol. The molecule has 1 saturated carbocycles. The average Bonchev–Trinajstić information content (AvgIpc) is 2.60. The molecular formula is C12H26N4O. The van der Waals surface area contributed by atoms with E-state index in [-0.39, 0.29) is 6.04 Å². The molecule has 100 valence electrons. The Balaban J connectivity index is 2.54. The fraction of sp³-hybridized carbons (Fsp3) is 0.917. The van der Waals surface area contributed by atoms with Gasteiger partial charge in [-0.25, -0.2) is 10.8 Å². The molecule has 17 heavy (non-hydrogen) atoms. The molecule has 0 radical (unpaired) electrons. The summed E-state index contributed by atoms with van der Waals surface area (Å²) in [5, 5.41) is 3.22. The second-order valence-corrected chi connectivity index (χ2v) is 5.10. The lowest BCUT2D eigenvalue weighted by Gasteiger charge is -2.19. The Morgan fingerprint density at radius 3 is 2.65 bits per heavy atom. The molecule has 0 aromatic heterocycles. The van der Waals surface area contributed by atoms with Crippen LogP contribution in [0.25, 0.3) is 0 Å². The molecule has 4 N–H and O–H groups in total. The van der Waals surface area contributed by atoms with Crippen LogP contribution in [0.4, 0.5) is 0 Å². The number of hydrogen-bond acceptors (Lipinski definition) is 3. The van der Waals surface area contributed by atoms with Crippen molar-refractivity contribution in [3.63, 3.8) is 0 Å². The molecule has 0 aliphatic heterocycles. The van der Waals surface area contributed by atoms with Crippen LogP contribution in [0, 0.1) is 11.8 Å². The lowest BCUT2D eigenvalue weighted by molar-refractivity contribution is 0.179. The van der Waals surface area contributed by atoms with E-state index >= 15 is 0 Å². The second kappa shape index (κ2) is 6.81. The van der Waals surface area contributed by atoms with Gasteiger partial charge in [-0.3, -0.25) is 5.43 Å². The van der Waals surface area contributed by atoms with E-state index in [4.69, 9.17) is 10.6 Å². The van der Waals surface area contributed by atoms with Gasteiger partial charge in [0.2, 0.25) is 5.96 Å². The van der Waals surface area contributed by atoms with Gasteiger partial charge in [-0.2, -0.15) is 0 Å². The molecule has 1 aliphatic rings. The Morgan fingerprint density at radius 2 is 2.18 bits per heavy atom. The van der Waals surface area contributed by atoms with Crippen molar-refractivity contribution in [3.8, 4) is 0 Å². The Morgan fingerprint density at radius 1 is 1.47 bits per heavy atom. The van der Waals surface area contributed by atoms with Crippen LogP contribution < -0.4 is 16.6 Å². The molecule has 0 heterocycles. The van der Waals surface area contributed by atoms with Crippen LogP contribution in [0.1, 0.15) is 33.6 Å². The minimum absolute atomic E-state index is 0.198. The van der Waals surface area contributed by atoms with Crippen molar-refractivity contribution in [1.82, 2.24) is 10.7 Å². The van der Waals surface area contributed by atoms with Crippen LogP contribution in [-0.2, 0) is 4.74 Å². The van der Waals surface area contributed by atoms with E-state index in [0.29, 0.717) is 24.5 Å². The van der Waals surface area contributed by atoms with Gasteiger partial charge in [0.25, 0.3) is 0 Å². The van der Waals surface area contributed by atoms with Gasteiger partial charge in [0.1, 0.15) is 0 Å². The topological polar surface area (TPSA) is 71.7 Å². The van der Waals surface area contributed by atoms with E-state index in [1.165, 1.54) is 6.42 Å². The summed E-state index contributed by atoms with van der Waals surface area (Å²) in [4.78, 5) is 4.66. The fourth-order valence-corrected chi connectivity index (χ4v) is 2.33. The second-order valence-electron chi connectivity index (χ2n) is 5.10. The molecule has 4 unspecified atom stereocenters. The van der Waals surface area contributed by atoms with Crippen LogP contribution in [-0.4, -0.2) is 31.8 Å². The highest BCUT2D eigenvalue weighted by molar-refractivity contribution is 5.79. The van der Waals surface area contributed by atoms with E-state index in [9.17, 15) is 0 Å². The third-order valence-corrected chi connectivity index (χ3v) is 3.65. The van der Waals surface area contributed by atoms with Gasteiger partial charge in [0, 0.05) is 13.2 Å².